The predicted octanol–water partition coefficient (Wildman–Crippen LogP) is 2.70. The van der Waals surface area contributed by atoms with Crippen LogP contribution >= 0.6 is 24.2 Å². The lowest BCUT2D eigenvalue weighted by molar-refractivity contribution is -0.0328. The fourth-order valence-corrected chi connectivity index (χ4v) is 4.05. The molecule has 0 spiro atoms. The van der Waals surface area contributed by atoms with Crippen LogP contribution in [0.3, 0.4) is 0 Å². The highest BCUT2D eigenvalue weighted by atomic mass is 35.5. The molecule has 1 saturated heterocycles. The molecule has 0 bridgehead atoms. The van der Waals surface area contributed by atoms with E-state index in [1.54, 1.807) is 0 Å². The normalized spacial score (nSPS) is 19.2. The number of nitrogens with zero attached hydrogens (tertiary/aromatic N) is 1. The number of alkyl halides is 3. The molecule has 0 aromatic heterocycles. The number of hydrogen-bond donors (Lipinski definition) is 1. The Labute approximate surface area is 137 Å². The van der Waals surface area contributed by atoms with Crippen LogP contribution in [0, 0.1) is 0 Å². The Balaban J connectivity index is 0.00000242. The standard InChI is InChI=1S/C12H15F3N2O2S2.ClH/c1-17(9-6-7-16-8-9)21(18,19)11-4-2-10(3-5-11)20-12(13,14)15;/h2-5,9,16H,6-8H2,1H3;1H. The molecule has 4 nitrogen and oxygen atoms in total. The summed E-state index contributed by atoms with van der Waals surface area (Å²) < 4.78 is 62.8. The van der Waals surface area contributed by atoms with E-state index >= 15 is 0 Å². The first kappa shape index (κ1) is 19.6. The Hall–Kier alpha value is -0.480. The molecule has 126 valence electrons. The maximum Gasteiger partial charge on any atom is 0.446 e. The second-order valence-corrected chi connectivity index (χ2v) is 7.82. The first-order valence-electron chi connectivity index (χ1n) is 6.25. The Morgan fingerprint density at radius 3 is 2.32 bits per heavy atom. The number of benzene rings is 1. The van der Waals surface area contributed by atoms with Gasteiger partial charge in [-0.2, -0.15) is 17.5 Å². The summed E-state index contributed by atoms with van der Waals surface area (Å²) in [4.78, 5) is -0.0324. The summed E-state index contributed by atoms with van der Waals surface area (Å²) in [5.74, 6) is 0. The average molecular weight is 377 g/mol. The maximum atomic E-state index is 12.4. The van der Waals surface area contributed by atoms with Gasteiger partial charge < -0.3 is 5.32 Å². The van der Waals surface area contributed by atoms with E-state index in [-0.39, 0.29) is 40.0 Å². The Kier molecular flexibility index (Phi) is 6.58. The first-order valence-corrected chi connectivity index (χ1v) is 8.50. The summed E-state index contributed by atoms with van der Waals surface area (Å²) in [7, 11) is -2.19. The van der Waals surface area contributed by atoms with Crippen molar-refractivity contribution in [1.82, 2.24) is 9.62 Å². The molecule has 2 rings (SSSR count). The van der Waals surface area contributed by atoms with Crippen molar-refractivity contribution in [3.63, 3.8) is 0 Å². The highest BCUT2D eigenvalue weighted by Crippen LogP contribution is 2.37. The molecule has 1 atom stereocenters. The van der Waals surface area contributed by atoms with Crippen molar-refractivity contribution in [2.75, 3.05) is 20.1 Å². The zero-order chi connectivity index (χ0) is 15.7. The van der Waals surface area contributed by atoms with Gasteiger partial charge in [0.2, 0.25) is 10.0 Å². The van der Waals surface area contributed by atoms with Crippen molar-refractivity contribution in [3.05, 3.63) is 24.3 Å². The first-order chi connectivity index (χ1) is 9.70. The lowest BCUT2D eigenvalue weighted by atomic mass is 10.3. The third kappa shape index (κ3) is 4.76. The van der Waals surface area contributed by atoms with Crippen LogP contribution in [0.4, 0.5) is 13.2 Å². The van der Waals surface area contributed by atoms with E-state index in [1.807, 2.05) is 0 Å². The molecule has 1 aliphatic heterocycles. The van der Waals surface area contributed by atoms with Crippen LogP contribution < -0.4 is 5.32 Å². The summed E-state index contributed by atoms with van der Waals surface area (Å²) in [6.07, 6.45) is 0.720. The molecule has 0 amide bonds. The molecular weight excluding hydrogens is 361 g/mol. The molecule has 0 radical (unpaired) electrons. The molecule has 1 aromatic carbocycles. The number of halogens is 4. The second-order valence-electron chi connectivity index (χ2n) is 4.69. The minimum Gasteiger partial charge on any atom is -0.315 e. The van der Waals surface area contributed by atoms with Crippen molar-refractivity contribution < 1.29 is 21.6 Å². The van der Waals surface area contributed by atoms with E-state index in [9.17, 15) is 21.6 Å². The SMILES string of the molecule is CN(C1CCNC1)S(=O)(=O)c1ccc(SC(F)(F)F)cc1.Cl. The smallest absolute Gasteiger partial charge is 0.315 e. The van der Waals surface area contributed by atoms with Gasteiger partial charge in [-0.1, -0.05) is 0 Å². The summed E-state index contributed by atoms with van der Waals surface area (Å²) in [5.41, 5.74) is -4.38. The van der Waals surface area contributed by atoms with Crippen LogP contribution in [-0.2, 0) is 10.0 Å². The minimum atomic E-state index is -4.38. The number of sulfonamides is 1. The van der Waals surface area contributed by atoms with Gasteiger partial charge in [-0.3, -0.25) is 0 Å². The summed E-state index contributed by atoms with van der Waals surface area (Å²) in [6, 6.07) is 4.64. The van der Waals surface area contributed by atoms with Crippen LogP contribution in [0.5, 0.6) is 0 Å². The summed E-state index contributed by atoms with van der Waals surface area (Å²) in [5, 5.41) is 3.08. The third-order valence-electron chi connectivity index (χ3n) is 3.28. The largest absolute Gasteiger partial charge is 0.446 e. The molecule has 1 aromatic rings. The van der Waals surface area contributed by atoms with Gasteiger partial charge in [0.25, 0.3) is 0 Å². The monoisotopic (exact) mass is 376 g/mol. The van der Waals surface area contributed by atoms with Crippen LogP contribution in [0.2, 0.25) is 0 Å². The Morgan fingerprint density at radius 2 is 1.86 bits per heavy atom. The molecule has 0 aliphatic carbocycles. The van der Waals surface area contributed by atoms with Crippen LogP contribution in [-0.4, -0.2) is 44.4 Å². The van der Waals surface area contributed by atoms with Crippen LogP contribution in [0.15, 0.2) is 34.1 Å². The van der Waals surface area contributed by atoms with Gasteiger partial charge in [-0.05, 0) is 49.0 Å². The van der Waals surface area contributed by atoms with Gasteiger partial charge in [0.15, 0.2) is 0 Å². The Morgan fingerprint density at radius 1 is 1.27 bits per heavy atom. The van der Waals surface area contributed by atoms with Gasteiger partial charge in [-0.15, -0.1) is 12.4 Å². The average Bonchev–Trinajstić information content (AvgIpc) is 2.90. The molecule has 0 saturated carbocycles. The van der Waals surface area contributed by atoms with Gasteiger partial charge in [0, 0.05) is 24.5 Å². The second kappa shape index (κ2) is 7.39. The van der Waals surface area contributed by atoms with Gasteiger partial charge in [0.1, 0.15) is 0 Å². The molecule has 10 heteroatoms. The van der Waals surface area contributed by atoms with E-state index in [4.69, 9.17) is 0 Å². The summed E-state index contributed by atoms with van der Waals surface area (Å²) in [6.45, 7) is 1.34. The van der Waals surface area contributed by atoms with Gasteiger partial charge in [-0.25, -0.2) is 8.42 Å². The molecule has 1 aliphatic rings. The minimum absolute atomic E-state index is 0. The number of nitrogens with one attached hydrogen (secondary N) is 1. The fraction of sp³-hybridized carbons (Fsp3) is 0.500. The van der Waals surface area contributed by atoms with Crippen molar-refractivity contribution in [2.24, 2.45) is 0 Å². The lowest BCUT2D eigenvalue weighted by Crippen LogP contribution is -2.38. The van der Waals surface area contributed by atoms with Gasteiger partial charge in [0.05, 0.1) is 4.90 Å². The number of thioether (sulfide) groups is 1. The zero-order valence-corrected chi connectivity index (χ0v) is 14.1. The third-order valence-corrected chi connectivity index (χ3v) is 5.95. The van der Waals surface area contributed by atoms with Crippen molar-refractivity contribution in [2.45, 2.75) is 27.8 Å². The van der Waals surface area contributed by atoms with Gasteiger partial charge >= 0.3 is 5.51 Å². The predicted molar refractivity (Wildman–Crippen MR) is 81.8 cm³/mol. The number of rotatable bonds is 4. The van der Waals surface area contributed by atoms with Crippen LogP contribution in [0.25, 0.3) is 0 Å². The van der Waals surface area contributed by atoms with Crippen LogP contribution in [0.1, 0.15) is 6.42 Å². The molecule has 1 unspecified atom stereocenters. The molecular formula is C12H16ClF3N2O2S2. The van der Waals surface area contributed by atoms with Crippen molar-refractivity contribution in [3.8, 4) is 0 Å². The van der Waals surface area contributed by atoms with E-state index in [1.165, 1.54) is 35.6 Å². The van der Waals surface area contributed by atoms with E-state index < -0.39 is 15.5 Å². The number of hydrogen-bond acceptors (Lipinski definition) is 4. The summed E-state index contributed by atoms with van der Waals surface area (Å²) >= 11 is -0.265. The molecule has 22 heavy (non-hydrogen) atoms. The highest BCUT2D eigenvalue weighted by Gasteiger charge is 2.31. The molecule has 1 heterocycles. The number of likely N-dealkylation sites (N-methyl/N-ethyl adjacent to an activating group) is 1. The fourth-order valence-electron chi connectivity index (χ4n) is 2.13. The van der Waals surface area contributed by atoms with Crippen molar-refractivity contribution in [1.29, 1.82) is 0 Å². The highest BCUT2D eigenvalue weighted by molar-refractivity contribution is 8.00. The quantitative estimate of drug-likeness (QED) is 0.821. The topological polar surface area (TPSA) is 49.4 Å². The maximum absolute atomic E-state index is 12.4. The van der Waals surface area contributed by atoms with Crippen molar-refractivity contribution >= 4 is 34.2 Å². The van der Waals surface area contributed by atoms with E-state index in [0.717, 1.165) is 13.0 Å². The lowest BCUT2D eigenvalue weighted by Gasteiger charge is -2.23. The molecule has 1 N–H and O–H groups in total. The molecule has 1 fully saturated rings. The van der Waals surface area contributed by atoms with E-state index in [2.05, 4.69) is 5.32 Å². The zero-order valence-electron chi connectivity index (χ0n) is 11.6. The Bertz CT molecular complexity index is 587. The van der Waals surface area contributed by atoms with E-state index in [0.29, 0.717) is 6.54 Å².